The van der Waals surface area contributed by atoms with E-state index in [1.54, 1.807) is 0 Å². The van der Waals surface area contributed by atoms with Gasteiger partial charge < -0.3 is 41.3 Å². The van der Waals surface area contributed by atoms with Gasteiger partial charge in [-0.1, -0.05) is 0 Å². The topological polar surface area (TPSA) is 260 Å². The van der Waals surface area contributed by atoms with Gasteiger partial charge in [0, 0.05) is 0 Å². The molecule has 0 spiro atoms. The van der Waals surface area contributed by atoms with Gasteiger partial charge in [0.2, 0.25) is 0 Å². The lowest BCUT2D eigenvalue weighted by atomic mass is 10.3. The van der Waals surface area contributed by atoms with Crippen molar-refractivity contribution in [3.8, 4) is 0 Å². The van der Waals surface area contributed by atoms with Crippen LogP contribution < -0.4 is 11.5 Å². The number of rotatable bonds is 8. The summed E-state index contributed by atoms with van der Waals surface area (Å²) in [6.45, 7) is -1.42. The third-order valence-electron chi connectivity index (χ3n) is 1.48. The molecule has 0 aromatic rings. The maximum absolute atomic E-state index is 9.98. The Labute approximate surface area is 123 Å². The Morgan fingerprint density at radius 2 is 1.05 bits per heavy atom. The van der Waals surface area contributed by atoms with Gasteiger partial charge in [0.15, 0.2) is 0 Å². The maximum atomic E-state index is 9.98. The Morgan fingerprint density at radius 1 is 0.818 bits per heavy atom. The maximum Gasteiger partial charge on any atom is 0.469 e. The number of nitrogens with two attached hydrogens (primary N) is 2. The van der Waals surface area contributed by atoms with Crippen molar-refractivity contribution in [1.29, 1.82) is 0 Å². The minimum absolute atomic E-state index is 0.709. The number of hydrogen-bond acceptors (Lipinski definition) is 8. The summed E-state index contributed by atoms with van der Waals surface area (Å²) in [6.07, 6.45) is 0. The second-order valence-corrected chi connectivity index (χ2v) is 5.94. The summed E-state index contributed by atoms with van der Waals surface area (Å²) in [6, 6.07) is -2.83. The van der Waals surface area contributed by atoms with E-state index in [1.807, 2.05) is 0 Å². The molecule has 0 radical (unpaired) electrons. The predicted molar refractivity (Wildman–Crippen MR) is 67.2 cm³/mol. The van der Waals surface area contributed by atoms with Crippen molar-refractivity contribution in [2.24, 2.45) is 11.5 Å². The quantitative estimate of drug-likeness (QED) is 0.198. The van der Waals surface area contributed by atoms with Gasteiger partial charge in [0.1, 0.15) is 12.1 Å². The van der Waals surface area contributed by atoms with E-state index in [-0.39, 0.29) is 0 Å². The van der Waals surface area contributed by atoms with Gasteiger partial charge in [-0.2, -0.15) is 0 Å². The van der Waals surface area contributed by atoms with E-state index >= 15 is 0 Å². The Hall–Kier alpha value is -0.920. The van der Waals surface area contributed by atoms with Gasteiger partial charge in [-0.25, -0.2) is 9.13 Å². The van der Waals surface area contributed by atoms with Gasteiger partial charge in [0.05, 0.1) is 13.2 Å². The Balaban J connectivity index is 0. The molecule has 2 atom stereocenters. The number of carboxylic acid groups (broad SMARTS) is 2. The smallest absolute Gasteiger partial charge is 0.469 e. The fourth-order valence-corrected chi connectivity index (χ4v) is 1.21. The molecule has 0 bridgehead atoms. The highest BCUT2D eigenvalue weighted by Gasteiger charge is 2.20. The van der Waals surface area contributed by atoms with Crippen LogP contribution in [0.2, 0.25) is 0 Å². The fourth-order valence-electron chi connectivity index (χ4n) is 0.497. The summed E-state index contributed by atoms with van der Waals surface area (Å²) < 4.78 is 27.6. The Bertz CT molecular complexity index is 415. The molecule has 10 N–H and O–H groups in total. The third-order valence-corrected chi connectivity index (χ3v) is 2.45. The first kappa shape index (κ1) is 23.3. The summed E-state index contributed by atoms with van der Waals surface area (Å²) in [5.74, 6) is -2.75. The SMILES string of the molecule is NC(COP(=O)(O)O)C(=O)O.NC(COP(=O)(O)O)C(=O)O. The van der Waals surface area contributed by atoms with Gasteiger partial charge in [-0.05, 0) is 0 Å². The van der Waals surface area contributed by atoms with Crippen molar-refractivity contribution in [2.75, 3.05) is 13.2 Å². The molecule has 14 nitrogen and oxygen atoms in total. The minimum Gasteiger partial charge on any atom is -0.480 e. The minimum atomic E-state index is -4.60. The van der Waals surface area contributed by atoms with E-state index < -0.39 is 52.9 Å². The second-order valence-electron chi connectivity index (χ2n) is 3.46. The molecule has 0 rings (SSSR count). The van der Waals surface area contributed by atoms with Crippen LogP contribution in [0, 0.1) is 0 Å². The lowest BCUT2D eigenvalue weighted by Gasteiger charge is -2.07. The van der Waals surface area contributed by atoms with Crippen molar-refractivity contribution in [3.05, 3.63) is 0 Å². The van der Waals surface area contributed by atoms with E-state index in [4.69, 9.17) is 41.3 Å². The van der Waals surface area contributed by atoms with Crippen LogP contribution in [0.4, 0.5) is 0 Å². The first-order valence-corrected chi connectivity index (χ1v) is 8.08. The van der Waals surface area contributed by atoms with Crippen LogP contribution in [0.15, 0.2) is 0 Å². The van der Waals surface area contributed by atoms with Gasteiger partial charge in [0.25, 0.3) is 0 Å². The molecular formula is C6H16N2O12P2. The molecule has 22 heavy (non-hydrogen) atoms. The van der Waals surface area contributed by atoms with Crippen molar-refractivity contribution >= 4 is 27.6 Å². The van der Waals surface area contributed by atoms with E-state index in [2.05, 4.69) is 9.05 Å². The molecule has 0 amide bonds. The van der Waals surface area contributed by atoms with E-state index in [0.717, 1.165) is 0 Å². The van der Waals surface area contributed by atoms with Crippen LogP contribution in [0.25, 0.3) is 0 Å². The van der Waals surface area contributed by atoms with Gasteiger partial charge >= 0.3 is 27.6 Å². The monoisotopic (exact) mass is 370 g/mol. The van der Waals surface area contributed by atoms with Crippen LogP contribution in [-0.2, 0) is 27.8 Å². The van der Waals surface area contributed by atoms with Crippen molar-refractivity contribution in [3.63, 3.8) is 0 Å². The lowest BCUT2D eigenvalue weighted by molar-refractivity contribution is -0.140. The molecule has 2 unspecified atom stereocenters. The first-order chi connectivity index (χ1) is 9.65. The van der Waals surface area contributed by atoms with Gasteiger partial charge in [-0.3, -0.25) is 18.6 Å². The number of phosphoric ester groups is 2. The summed E-state index contributed by atoms with van der Waals surface area (Å²) in [4.78, 5) is 52.3. The van der Waals surface area contributed by atoms with Crippen LogP contribution in [0.3, 0.4) is 0 Å². The van der Waals surface area contributed by atoms with Crippen molar-refractivity contribution < 1.29 is 57.6 Å². The lowest BCUT2D eigenvalue weighted by Crippen LogP contribution is -2.34. The predicted octanol–water partition coefficient (Wildman–Crippen LogP) is -2.98. The van der Waals surface area contributed by atoms with Crippen molar-refractivity contribution in [1.82, 2.24) is 0 Å². The third kappa shape index (κ3) is 17.1. The molecule has 16 heteroatoms. The average Bonchev–Trinajstić information content (AvgIpc) is 2.31. The molecule has 0 aromatic heterocycles. The van der Waals surface area contributed by atoms with Crippen LogP contribution in [0.5, 0.6) is 0 Å². The summed E-state index contributed by atoms with van der Waals surface area (Å²) in [5, 5.41) is 16.2. The van der Waals surface area contributed by atoms with Crippen molar-refractivity contribution in [2.45, 2.75) is 12.1 Å². The van der Waals surface area contributed by atoms with E-state index in [9.17, 15) is 18.7 Å². The molecule has 0 fully saturated rings. The number of phosphoric acid groups is 2. The number of carbonyl (C=O) groups is 2. The molecule has 0 heterocycles. The van der Waals surface area contributed by atoms with E-state index in [1.165, 1.54) is 0 Å². The van der Waals surface area contributed by atoms with Crippen LogP contribution >= 0.6 is 15.6 Å². The van der Waals surface area contributed by atoms with E-state index in [0.29, 0.717) is 0 Å². The molecule has 0 aliphatic rings. The summed E-state index contributed by atoms with van der Waals surface area (Å²) >= 11 is 0. The first-order valence-electron chi connectivity index (χ1n) is 5.02. The standard InChI is InChI=1S/2C3H8NO6P/c2*4-2(3(5)6)1-10-11(7,8)9/h2*2H,1,4H2,(H,5,6)(H2,7,8,9). The summed E-state index contributed by atoms with van der Waals surface area (Å²) in [7, 11) is -9.21. The normalized spacial score (nSPS) is 14.5. The van der Waals surface area contributed by atoms with Gasteiger partial charge in [-0.15, -0.1) is 0 Å². The van der Waals surface area contributed by atoms with Crippen LogP contribution in [-0.4, -0.2) is 67.0 Å². The second kappa shape index (κ2) is 9.97. The molecule has 132 valence electrons. The largest absolute Gasteiger partial charge is 0.480 e. The zero-order valence-electron chi connectivity index (χ0n) is 10.8. The highest BCUT2D eigenvalue weighted by molar-refractivity contribution is 7.46. The number of carboxylic acids is 2. The molecule has 0 saturated carbocycles. The Morgan fingerprint density at radius 3 is 1.18 bits per heavy atom. The van der Waals surface area contributed by atoms with Crippen LogP contribution in [0.1, 0.15) is 0 Å². The molecule has 0 aromatic carbocycles. The highest BCUT2D eigenvalue weighted by Crippen LogP contribution is 2.35. The fraction of sp³-hybridized carbons (Fsp3) is 0.667. The molecule has 0 saturated heterocycles. The Kier molecular flexibility index (Phi) is 10.6. The summed E-state index contributed by atoms with van der Waals surface area (Å²) in [5.41, 5.74) is 9.71. The molecule has 0 aliphatic carbocycles. The highest BCUT2D eigenvalue weighted by atomic mass is 31.2. The molecular weight excluding hydrogens is 354 g/mol. The number of aliphatic carboxylic acids is 2. The zero-order chi connectivity index (χ0) is 18.1. The zero-order valence-corrected chi connectivity index (χ0v) is 12.5. The number of hydrogen-bond donors (Lipinski definition) is 8. The molecule has 0 aliphatic heterocycles. The average molecular weight is 370 g/mol.